The van der Waals surface area contributed by atoms with Crippen LogP contribution in [0.3, 0.4) is 0 Å². The van der Waals surface area contributed by atoms with Crippen molar-refractivity contribution in [2.45, 2.75) is 19.9 Å². The van der Waals surface area contributed by atoms with E-state index in [-0.39, 0.29) is 5.56 Å². The van der Waals surface area contributed by atoms with E-state index in [0.717, 1.165) is 17.2 Å². The molecule has 0 saturated heterocycles. The first-order chi connectivity index (χ1) is 8.04. The van der Waals surface area contributed by atoms with Crippen molar-refractivity contribution in [3.63, 3.8) is 0 Å². The van der Waals surface area contributed by atoms with Gasteiger partial charge in [0.25, 0.3) is 0 Å². The standard InChI is InChI=1S/C12H16ClNO2S/c1-3-17-7-8(2)14-11-5-4-9(12(15)16)6-10(11)13/h4-6,8,14H,3,7H2,1-2H3,(H,15,16). The number of aromatic carboxylic acids is 1. The van der Waals surface area contributed by atoms with Crippen molar-refractivity contribution in [1.29, 1.82) is 0 Å². The summed E-state index contributed by atoms with van der Waals surface area (Å²) in [6.45, 7) is 4.19. The number of hydrogen-bond acceptors (Lipinski definition) is 3. The van der Waals surface area contributed by atoms with Gasteiger partial charge in [-0.2, -0.15) is 11.8 Å². The topological polar surface area (TPSA) is 49.3 Å². The van der Waals surface area contributed by atoms with Crippen LogP contribution in [0.5, 0.6) is 0 Å². The van der Waals surface area contributed by atoms with Crippen LogP contribution in [0, 0.1) is 0 Å². The Morgan fingerprint density at radius 3 is 2.82 bits per heavy atom. The summed E-state index contributed by atoms with van der Waals surface area (Å²) in [5.41, 5.74) is 0.983. The predicted molar refractivity (Wildman–Crippen MR) is 74.5 cm³/mol. The maximum Gasteiger partial charge on any atom is 0.335 e. The van der Waals surface area contributed by atoms with Crippen LogP contribution in [-0.4, -0.2) is 28.6 Å². The largest absolute Gasteiger partial charge is 0.478 e. The van der Waals surface area contributed by atoms with Crippen LogP contribution in [-0.2, 0) is 0 Å². The van der Waals surface area contributed by atoms with Crippen molar-refractivity contribution in [3.8, 4) is 0 Å². The van der Waals surface area contributed by atoms with Crippen LogP contribution >= 0.6 is 23.4 Å². The molecule has 0 fully saturated rings. The lowest BCUT2D eigenvalue weighted by Gasteiger charge is -2.15. The molecule has 3 nitrogen and oxygen atoms in total. The molecule has 0 heterocycles. The molecule has 17 heavy (non-hydrogen) atoms. The Bertz CT molecular complexity index is 398. The quantitative estimate of drug-likeness (QED) is 0.832. The summed E-state index contributed by atoms with van der Waals surface area (Å²) < 4.78 is 0. The van der Waals surface area contributed by atoms with Gasteiger partial charge in [-0.05, 0) is 30.9 Å². The molecule has 0 amide bonds. The number of anilines is 1. The first-order valence-electron chi connectivity index (χ1n) is 5.41. The van der Waals surface area contributed by atoms with Gasteiger partial charge in [0.15, 0.2) is 0 Å². The van der Waals surface area contributed by atoms with Gasteiger partial charge in [0.2, 0.25) is 0 Å². The predicted octanol–water partition coefficient (Wildman–Crippen LogP) is 3.59. The molecule has 0 spiro atoms. The first-order valence-corrected chi connectivity index (χ1v) is 6.95. The fourth-order valence-electron chi connectivity index (χ4n) is 1.37. The second-order valence-corrected chi connectivity index (χ2v) is 5.43. The molecule has 0 aliphatic carbocycles. The Labute approximate surface area is 111 Å². The van der Waals surface area contributed by atoms with Crippen LogP contribution in [0.2, 0.25) is 5.02 Å². The van der Waals surface area contributed by atoms with Crippen molar-refractivity contribution in [2.75, 3.05) is 16.8 Å². The van der Waals surface area contributed by atoms with Gasteiger partial charge < -0.3 is 10.4 Å². The molecule has 0 aliphatic rings. The van der Waals surface area contributed by atoms with E-state index in [9.17, 15) is 4.79 Å². The fourth-order valence-corrected chi connectivity index (χ4v) is 2.27. The number of halogens is 1. The van der Waals surface area contributed by atoms with Crippen LogP contribution in [0.1, 0.15) is 24.2 Å². The van der Waals surface area contributed by atoms with Crippen molar-refractivity contribution in [2.24, 2.45) is 0 Å². The molecular weight excluding hydrogens is 258 g/mol. The fraction of sp³-hybridized carbons (Fsp3) is 0.417. The molecule has 1 rings (SSSR count). The molecule has 5 heteroatoms. The van der Waals surface area contributed by atoms with E-state index in [1.54, 1.807) is 12.1 Å². The van der Waals surface area contributed by atoms with Crippen molar-refractivity contribution in [3.05, 3.63) is 28.8 Å². The van der Waals surface area contributed by atoms with Crippen LogP contribution in [0.25, 0.3) is 0 Å². The Kier molecular flexibility index (Phi) is 5.65. The zero-order valence-electron chi connectivity index (χ0n) is 9.87. The van der Waals surface area contributed by atoms with Gasteiger partial charge in [-0.1, -0.05) is 18.5 Å². The Morgan fingerprint density at radius 2 is 2.29 bits per heavy atom. The van der Waals surface area contributed by atoms with E-state index in [1.807, 2.05) is 11.8 Å². The Hall–Kier alpha value is -0.870. The number of rotatable bonds is 6. The molecule has 0 bridgehead atoms. The Morgan fingerprint density at radius 1 is 1.59 bits per heavy atom. The molecule has 94 valence electrons. The van der Waals surface area contributed by atoms with Crippen molar-refractivity contribution < 1.29 is 9.90 Å². The average molecular weight is 274 g/mol. The molecule has 0 aliphatic heterocycles. The second kappa shape index (κ2) is 6.77. The average Bonchev–Trinajstić information content (AvgIpc) is 2.28. The van der Waals surface area contributed by atoms with Crippen LogP contribution < -0.4 is 5.32 Å². The van der Waals surface area contributed by atoms with E-state index < -0.39 is 5.97 Å². The molecular formula is C12H16ClNO2S. The summed E-state index contributed by atoms with van der Waals surface area (Å²) in [7, 11) is 0. The van der Waals surface area contributed by atoms with E-state index in [0.29, 0.717) is 11.1 Å². The lowest BCUT2D eigenvalue weighted by Crippen LogP contribution is -2.18. The molecule has 0 aromatic heterocycles. The highest BCUT2D eigenvalue weighted by Crippen LogP contribution is 2.24. The van der Waals surface area contributed by atoms with Crippen LogP contribution in [0.4, 0.5) is 5.69 Å². The third-order valence-corrected chi connectivity index (χ3v) is 3.65. The van der Waals surface area contributed by atoms with Gasteiger partial charge in [0.05, 0.1) is 16.3 Å². The summed E-state index contributed by atoms with van der Waals surface area (Å²) in [6, 6.07) is 5.02. The molecule has 1 unspecified atom stereocenters. The third-order valence-electron chi connectivity index (χ3n) is 2.19. The molecule has 0 saturated carbocycles. The zero-order chi connectivity index (χ0) is 12.8. The monoisotopic (exact) mass is 273 g/mol. The molecule has 0 radical (unpaired) electrons. The highest BCUT2D eigenvalue weighted by atomic mass is 35.5. The number of carboxylic acid groups (broad SMARTS) is 1. The van der Waals surface area contributed by atoms with E-state index in [2.05, 4.69) is 19.2 Å². The number of benzene rings is 1. The highest BCUT2D eigenvalue weighted by Gasteiger charge is 2.09. The minimum Gasteiger partial charge on any atom is -0.478 e. The van der Waals surface area contributed by atoms with E-state index >= 15 is 0 Å². The number of nitrogens with one attached hydrogen (secondary N) is 1. The van der Waals surface area contributed by atoms with E-state index in [1.165, 1.54) is 6.07 Å². The van der Waals surface area contributed by atoms with Crippen LogP contribution in [0.15, 0.2) is 18.2 Å². The van der Waals surface area contributed by atoms with Gasteiger partial charge in [-0.15, -0.1) is 0 Å². The second-order valence-electron chi connectivity index (χ2n) is 3.70. The zero-order valence-corrected chi connectivity index (χ0v) is 11.4. The number of thioether (sulfide) groups is 1. The van der Waals surface area contributed by atoms with Crippen molar-refractivity contribution in [1.82, 2.24) is 0 Å². The van der Waals surface area contributed by atoms with Crippen molar-refractivity contribution >= 4 is 35.0 Å². The van der Waals surface area contributed by atoms with Gasteiger partial charge >= 0.3 is 5.97 Å². The number of carboxylic acids is 1. The molecule has 1 aromatic rings. The summed E-state index contributed by atoms with van der Waals surface area (Å²) in [5.74, 6) is 1.11. The smallest absolute Gasteiger partial charge is 0.335 e. The minimum absolute atomic E-state index is 0.205. The first kappa shape index (κ1) is 14.2. The Balaban J connectivity index is 2.69. The minimum atomic E-state index is -0.965. The van der Waals surface area contributed by atoms with Gasteiger partial charge in [-0.25, -0.2) is 4.79 Å². The van der Waals surface area contributed by atoms with Gasteiger partial charge in [0, 0.05) is 11.8 Å². The summed E-state index contributed by atoms with van der Waals surface area (Å²) in [5, 5.41) is 12.5. The van der Waals surface area contributed by atoms with Gasteiger partial charge in [-0.3, -0.25) is 0 Å². The number of carbonyl (C=O) groups is 1. The van der Waals surface area contributed by atoms with Gasteiger partial charge in [0.1, 0.15) is 0 Å². The highest BCUT2D eigenvalue weighted by molar-refractivity contribution is 7.99. The summed E-state index contributed by atoms with van der Waals surface area (Å²) in [4.78, 5) is 10.7. The molecule has 1 atom stereocenters. The maximum atomic E-state index is 10.7. The van der Waals surface area contributed by atoms with E-state index in [4.69, 9.17) is 16.7 Å². The normalized spacial score (nSPS) is 12.2. The number of hydrogen-bond donors (Lipinski definition) is 2. The lowest BCUT2D eigenvalue weighted by atomic mass is 10.2. The molecule has 2 N–H and O–H groups in total. The third kappa shape index (κ3) is 4.48. The lowest BCUT2D eigenvalue weighted by molar-refractivity contribution is 0.0697. The summed E-state index contributed by atoms with van der Waals surface area (Å²) in [6.07, 6.45) is 0. The summed E-state index contributed by atoms with van der Waals surface area (Å²) >= 11 is 7.87. The SMILES string of the molecule is CCSCC(C)Nc1ccc(C(=O)O)cc1Cl. The maximum absolute atomic E-state index is 10.7. The molecule has 1 aromatic carbocycles.